The fraction of sp³-hybridized carbons (Fsp3) is 0.319. The Kier molecular flexibility index (Phi) is 11.4. The van der Waals surface area contributed by atoms with Crippen molar-refractivity contribution >= 4 is 35.5 Å². The maximum absolute atomic E-state index is 16.1. The largest absolute Gasteiger partial charge is 0.491 e. The van der Waals surface area contributed by atoms with Crippen LogP contribution in [0.25, 0.3) is 0 Å². The third kappa shape index (κ3) is 6.91. The minimum absolute atomic E-state index is 0.00458. The fourth-order valence-corrected chi connectivity index (χ4v) is 9.82. The number of anilines is 2. The molecule has 15 heteroatoms. The Morgan fingerprint density at radius 1 is 0.774 bits per heavy atom. The van der Waals surface area contributed by atoms with Crippen molar-refractivity contribution in [2.45, 2.75) is 29.6 Å². The molecule has 0 unspecified atom stereocenters. The van der Waals surface area contributed by atoms with Gasteiger partial charge in [0.05, 0.1) is 36.9 Å². The topological polar surface area (TPSA) is 164 Å². The molecule has 6 atom stereocenters. The Labute approximate surface area is 358 Å². The maximum atomic E-state index is 16.1. The van der Waals surface area contributed by atoms with Gasteiger partial charge >= 0.3 is 12.1 Å². The van der Waals surface area contributed by atoms with Crippen molar-refractivity contribution in [3.63, 3.8) is 0 Å². The predicted molar refractivity (Wildman–Crippen MR) is 225 cm³/mol. The average molecular weight is 839 g/mol. The van der Waals surface area contributed by atoms with Gasteiger partial charge in [0.25, 0.3) is 0 Å². The standard InChI is InChI=1S/C47H46N6O9/c1-59-28-29-61-46(58)52-36-19-9-8-18-35(36)47(44(52)57)37(42(55)50-22-24-51(25-23-50)45-48-20-11-21-49-45)39-43(56)62-40(32-14-6-3-7-15-32)38(31-12-4-2-5-13-31)53(39)41(47)33-16-10-17-34(30-33)60-27-26-54/h2-21,30,37-41,54H,22-29H2,1H3/t37-,38-,39-,40+,41+,47-/m0/s1. The number of para-hydroxylation sites is 1. The molecule has 0 radical (unpaired) electrons. The Hall–Kier alpha value is -6.68. The molecule has 1 aromatic heterocycles. The van der Waals surface area contributed by atoms with Gasteiger partial charge in [0.15, 0.2) is 0 Å². The molecule has 9 rings (SSSR count). The first-order valence-corrected chi connectivity index (χ1v) is 20.7. The number of esters is 1. The number of amides is 3. The van der Waals surface area contributed by atoms with Gasteiger partial charge in [-0.25, -0.2) is 19.7 Å². The highest BCUT2D eigenvalue weighted by Gasteiger charge is 2.76. The Morgan fingerprint density at radius 3 is 2.16 bits per heavy atom. The van der Waals surface area contributed by atoms with Crippen LogP contribution in [0.4, 0.5) is 16.4 Å². The van der Waals surface area contributed by atoms with Gasteiger partial charge in [-0.15, -0.1) is 0 Å². The lowest BCUT2D eigenvalue weighted by atomic mass is 9.65. The summed E-state index contributed by atoms with van der Waals surface area (Å²) in [6.45, 7) is 1.01. The number of fused-ring (bicyclic) bond motifs is 3. The molecule has 0 saturated carbocycles. The summed E-state index contributed by atoms with van der Waals surface area (Å²) in [5.74, 6) is -2.31. The van der Waals surface area contributed by atoms with E-state index in [4.69, 9.17) is 18.9 Å². The minimum atomic E-state index is -1.91. The Bertz CT molecular complexity index is 2420. The number of cyclic esters (lactones) is 1. The van der Waals surface area contributed by atoms with Crippen LogP contribution in [0.1, 0.15) is 40.4 Å². The van der Waals surface area contributed by atoms with Crippen molar-refractivity contribution in [3.8, 4) is 5.75 Å². The minimum Gasteiger partial charge on any atom is -0.491 e. The van der Waals surface area contributed by atoms with Gasteiger partial charge in [0.2, 0.25) is 17.8 Å². The van der Waals surface area contributed by atoms with Crippen LogP contribution >= 0.6 is 0 Å². The number of ether oxygens (including phenoxy) is 4. The number of hydrogen-bond donors (Lipinski definition) is 1. The molecule has 3 saturated heterocycles. The first-order chi connectivity index (χ1) is 30.4. The quantitative estimate of drug-likeness (QED) is 0.145. The molecule has 1 spiro atoms. The molecule has 0 aliphatic carbocycles. The van der Waals surface area contributed by atoms with Crippen molar-refractivity contribution < 1.29 is 43.2 Å². The monoisotopic (exact) mass is 838 g/mol. The first-order valence-electron chi connectivity index (χ1n) is 20.7. The second kappa shape index (κ2) is 17.4. The number of aromatic nitrogens is 2. The van der Waals surface area contributed by atoms with Crippen molar-refractivity contribution in [1.29, 1.82) is 0 Å². The third-order valence-electron chi connectivity index (χ3n) is 12.3. The van der Waals surface area contributed by atoms with E-state index in [1.54, 1.807) is 65.8 Å². The van der Waals surface area contributed by atoms with Crippen LogP contribution in [-0.4, -0.2) is 115 Å². The first kappa shape index (κ1) is 40.7. The smallest absolute Gasteiger partial charge is 0.421 e. The van der Waals surface area contributed by atoms with E-state index in [9.17, 15) is 9.90 Å². The van der Waals surface area contributed by atoms with E-state index < -0.39 is 59.4 Å². The lowest BCUT2D eigenvalue weighted by Gasteiger charge is -2.46. The molecule has 5 aromatic rings. The van der Waals surface area contributed by atoms with Crippen molar-refractivity contribution in [3.05, 3.63) is 150 Å². The number of methoxy groups -OCH3 is 1. The number of aliphatic hydroxyl groups excluding tert-OH is 1. The number of morpholine rings is 1. The van der Waals surface area contributed by atoms with E-state index in [0.717, 1.165) is 16.0 Å². The van der Waals surface area contributed by atoms with Gasteiger partial charge in [-0.3, -0.25) is 19.3 Å². The molecular formula is C47H46N6O9. The zero-order valence-electron chi connectivity index (χ0n) is 34.1. The number of nitrogens with zero attached hydrogens (tertiary/aromatic N) is 6. The van der Waals surface area contributed by atoms with E-state index in [1.165, 1.54) is 7.11 Å². The highest BCUT2D eigenvalue weighted by molar-refractivity contribution is 6.23. The fourth-order valence-electron chi connectivity index (χ4n) is 9.82. The summed E-state index contributed by atoms with van der Waals surface area (Å²) in [6, 6.07) is 31.7. The molecule has 3 amide bonds. The molecular weight excluding hydrogens is 793 g/mol. The van der Waals surface area contributed by atoms with E-state index in [2.05, 4.69) is 9.97 Å². The molecule has 15 nitrogen and oxygen atoms in total. The number of aliphatic hydroxyl groups is 1. The van der Waals surface area contributed by atoms with Crippen molar-refractivity contribution in [1.82, 2.24) is 19.8 Å². The number of rotatable bonds is 11. The van der Waals surface area contributed by atoms with Gasteiger partial charge in [0, 0.05) is 45.7 Å². The highest BCUT2D eigenvalue weighted by Crippen LogP contribution is 2.66. The molecule has 0 bridgehead atoms. The Morgan fingerprint density at radius 2 is 1.45 bits per heavy atom. The number of imide groups is 1. The molecule has 4 aliphatic heterocycles. The highest BCUT2D eigenvalue weighted by atomic mass is 16.6. The molecule has 62 heavy (non-hydrogen) atoms. The van der Waals surface area contributed by atoms with Gasteiger partial charge in [-0.1, -0.05) is 91.0 Å². The number of carbonyl (C=O) groups excluding carboxylic acids is 4. The van der Waals surface area contributed by atoms with Gasteiger partial charge in [0.1, 0.15) is 36.5 Å². The van der Waals surface area contributed by atoms with E-state index >= 15 is 14.4 Å². The molecule has 4 aromatic carbocycles. The van der Waals surface area contributed by atoms with Gasteiger partial charge in [-0.2, -0.15) is 0 Å². The summed E-state index contributed by atoms with van der Waals surface area (Å²) in [5, 5.41) is 9.72. The van der Waals surface area contributed by atoms with Crippen molar-refractivity contribution in [2.24, 2.45) is 5.92 Å². The zero-order valence-corrected chi connectivity index (χ0v) is 34.1. The molecule has 4 aliphatic rings. The summed E-state index contributed by atoms with van der Waals surface area (Å²) in [6.07, 6.45) is 1.51. The molecule has 1 N–H and O–H groups in total. The van der Waals surface area contributed by atoms with Crippen LogP contribution in [0.15, 0.2) is 128 Å². The number of hydrogen-bond acceptors (Lipinski definition) is 13. The van der Waals surface area contributed by atoms with Crippen LogP contribution in [0.5, 0.6) is 5.75 Å². The predicted octanol–water partition coefficient (Wildman–Crippen LogP) is 4.65. The third-order valence-corrected chi connectivity index (χ3v) is 12.3. The van der Waals surface area contributed by atoms with Crippen LogP contribution in [0.3, 0.4) is 0 Å². The number of carbonyl (C=O) groups is 4. The summed E-state index contributed by atoms with van der Waals surface area (Å²) in [4.78, 5) is 77.1. The summed E-state index contributed by atoms with van der Waals surface area (Å²) >= 11 is 0. The molecule has 5 heterocycles. The van der Waals surface area contributed by atoms with Crippen LogP contribution in [0, 0.1) is 5.92 Å². The van der Waals surface area contributed by atoms with E-state index in [1.807, 2.05) is 76.5 Å². The number of piperazine rings is 1. The SMILES string of the molecule is COCCOC(=O)N1C(=O)[C@@]2(c3ccccc31)[C@H](C(=O)N1CCN(c3ncccn3)CC1)[C@H]1C(=O)O[C@H](c3ccccc3)[C@H](c3ccccc3)N1[C@@H]2c1cccc(OCCO)c1. The van der Waals surface area contributed by atoms with Gasteiger partial charge < -0.3 is 33.9 Å². The normalized spacial score (nSPS) is 24.4. The second-order valence-electron chi connectivity index (χ2n) is 15.5. The van der Waals surface area contributed by atoms with Crippen LogP contribution < -0.4 is 14.5 Å². The summed E-state index contributed by atoms with van der Waals surface area (Å²) in [5.41, 5.74) is 0.770. The molecule has 318 valence electrons. The van der Waals surface area contributed by atoms with Crippen LogP contribution in [-0.2, 0) is 34.0 Å². The van der Waals surface area contributed by atoms with Crippen molar-refractivity contribution in [2.75, 3.05) is 69.5 Å². The van der Waals surface area contributed by atoms with Crippen LogP contribution in [0.2, 0.25) is 0 Å². The van der Waals surface area contributed by atoms with E-state index in [-0.39, 0.29) is 45.2 Å². The summed E-state index contributed by atoms with van der Waals surface area (Å²) in [7, 11) is 1.48. The lowest BCUT2D eigenvalue weighted by molar-refractivity contribution is -0.179. The second-order valence-corrected chi connectivity index (χ2v) is 15.5. The maximum Gasteiger partial charge on any atom is 0.421 e. The van der Waals surface area contributed by atoms with E-state index in [0.29, 0.717) is 35.9 Å². The average Bonchev–Trinajstić information content (AvgIpc) is 3.78. The molecule has 3 fully saturated rings. The lowest BCUT2D eigenvalue weighted by Crippen LogP contribution is -2.59. The number of benzene rings is 4. The summed E-state index contributed by atoms with van der Waals surface area (Å²) < 4.78 is 23.3. The zero-order chi connectivity index (χ0) is 42.8. The van der Waals surface area contributed by atoms with Gasteiger partial charge in [-0.05, 0) is 46.5 Å². The Balaban J connectivity index is 1.29.